The smallest absolute Gasteiger partial charge is 0.0293 e. The number of hydrogen-bond donors (Lipinski definition) is 0. The summed E-state index contributed by atoms with van der Waals surface area (Å²) in [6.45, 7) is 4.14. The van der Waals surface area contributed by atoms with Crippen LogP contribution in [0.5, 0.6) is 0 Å². The zero-order chi connectivity index (χ0) is 9.52. The topological polar surface area (TPSA) is 12.4 Å². The molecular weight excluding hydrogens is 158 g/mol. The van der Waals surface area contributed by atoms with Gasteiger partial charge in [-0.1, -0.05) is 36.0 Å². The Morgan fingerprint density at radius 1 is 1.15 bits per heavy atom. The van der Waals surface area contributed by atoms with Crippen molar-refractivity contribution in [1.82, 2.24) is 0 Å². The monoisotopic (exact) mass is 173 g/mol. The molecule has 0 bridgehead atoms. The minimum atomic E-state index is 0.896. The van der Waals surface area contributed by atoms with E-state index in [4.69, 9.17) is 0 Å². The molecule has 13 heavy (non-hydrogen) atoms. The van der Waals surface area contributed by atoms with Gasteiger partial charge in [-0.2, -0.15) is 0 Å². The van der Waals surface area contributed by atoms with Crippen LogP contribution >= 0.6 is 0 Å². The third kappa shape index (κ3) is 4.26. The predicted molar refractivity (Wildman–Crippen MR) is 58.9 cm³/mol. The van der Waals surface area contributed by atoms with Gasteiger partial charge in [0.2, 0.25) is 0 Å². The fourth-order valence-corrected chi connectivity index (χ4v) is 1.10. The van der Waals surface area contributed by atoms with Gasteiger partial charge in [0.05, 0.1) is 0 Å². The van der Waals surface area contributed by atoms with Crippen LogP contribution in [-0.4, -0.2) is 6.21 Å². The first-order valence-corrected chi connectivity index (χ1v) is 4.49. The number of hydrogen-bond acceptors (Lipinski definition) is 1. The van der Waals surface area contributed by atoms with Crippen molar-refractivity contribution >= 4 is 6.21 Å². The second-order valence-electron chi connectivity index (χ2n) is 3.12. The van der Waals surface area contributed by atoms with Gasteiger partial charge in [-0.05, 0) is 19.4 Å². The van der Waals surface area contributed by atoms with E-state index in [9.17, 15) is 0 Å². The lowest BCUT2D eigenvalue weighted by atomic mass is 10.2. The van der Waals surface area contributed by atoms with Gasteiger partial charge in [0.15, 0.2) is 0 Å². The third-order valence-corrected chi connectivity index (χ3v) is 1.69. The number of nitrogens with zero attached hydrogens (tertiary/aromatic N) is 1. The molecule has 0 saturated heterocycles. The molecule has 1 heterocycles. The van der Waals surface area contributed by atoms with E-state index < -0.39 is 0 Å². The summed E-state index contributed by atoms with van der Waals surface area (Å²) in [5.74, 6) is 0. The maximum Gasteiger partial charge on any atom is 0.0293 e. The van der Waals surface area contributed by atoms with Crippen LogP contribution in [0.25, 0.3) is 0 Å². The summed E-state index contributed by atoms with van der Waals surface area (Å²) in [6, 6.07) is 0. The molecule has 0 fully saturated rings. The van der Waals surface area contributed by atoms with Crippen molar-refractivity contribution in [2.75, 3.05) is 0 Å². The van der Waals surface area contributed by atoms with E-state index in [0.717, 1.165) is 6.42 Å². The Hall–Kier alpha value is -1.37. The van der Waals surface area contributed by atoms with E-state index in [2.05, 4.69) is 43.1 Å². The summed E-state index contributed by atoms with van der Waals surface area (Å²) in [5, 5.41) is 0. The first-order valence-electron chi connectivity index (χ1n) is 4.49. The van der Waals surface area contributed by atoms with Gasteiger partial charge in [0.25, 0.3) is 0 Å². The van der Waals surface area contributed by atoms with Gasteiger partial charge >= 0.3 is 0 Å². The van der Waals surface area contributed by atoms with Crippen LogP contribution in [0.4, 0.5) is 0 Å². The average Bonchev–Trinajstić information content (AvgIpc) is 2.11. The van der Waals surface area contributed by atoms with Crippen molar-refractivity contribution in [2.45, 2.75) is 20.3 Å². The Balaban J connectivity index is 2.87. The molecule has 1 rings (SSSR count). The second kappa shape index (κ2) is 5.31. The molecule has 1 nitrogen and oxygen atoms in total. The third-order valence-electron chi connectivity index (χ3n) is 1.69. The van der Waals surface area contributed by atoms with Crippen LogP contribution in [-0.2, 0) is 0 Å². The van der Waals surface area contributed by atoms with Crippen molar-refractivity contribution in [1.29, 1.82) is 0 Å². The van der Waals surface area contributed by atoms with Crippen LogP contribution in [0.1, 0.15) is 20.3 Å². The minimum absolute atomic E-state index is 0.896. The van der Waals surface area contributed by atoms with Crippen LogP contribution in [0, 0.1) is 0 Å². The zero-order valence-electron chi connectivity index (χ0n) is 8.20. The second-order valence-corrected chi connectivity index (χ2v) is 3.12. The Morgan fingerprint density at radius 2 is 2.00 bits per heavy atom. The molecule has 0 aromatic rings. The summed E-state index contributed by atoms with van der Waals surface area (Å²) in [4.78, 5) is 4.18. The summed E-state index contributed by atoms with van der Waals surface area (Å²) < 4.78 is 0. The fraction of sp³-hybridized carbons (Fsp3) is 0.250. The van der Waals surface area contributed by atoms with E-state index in [1.54, 1.807) is 0 Å². The molecule has 1 aliphatic rings. The molecular formula is C12H15N. The van der Waals surface area contributed by atoms with E-state index in [1.807, 2.05) is 18.5 Å². The first kappa shape index (κ1) is 9.72. The van der Waals surface area contributed by atoms with Crippen LogP contribution < -0.4 is 0 Å². The number of rotatable bonds is 0. The molecule has 0 aromatic heterocycles. The molecule has 0 amide bonds. The highest BCUT2D eigenvalue weighted by atomic mass is 14.7. The summed E-state index contributed by atoms with van der Waals surface area (Å²) >= 11 is 0. The summed E-state index contributed by atoms with van der Waals surface area (Å²) in [6.07, 6.45) is 15.1. The maximum atomic E-state index is 4.18. The fourth-order valence-electron chi connectivity index (χ4n) is 1.10. The number of allylic oxidation sites excluding steroid dienone is 7. The van der Waals surface area contributed by atoms with E-state index >= 15 is 0 Å². The van der Waals surface area contributed by atoms with Gasteiger partial charge in [0, 0.05) is 18.8 Å². The van der Waals surface area contributed by atoms with Crippen LogP contribution in [0.2, 0.25) is 0 Å². The summed E-state index contributed by atoms with van der Waals surface area (Å²) in [5.41, 5.74) is 2.43. The van der Waals surface area contributed by atoms with E-state index in [-0.39, 0.29) is 0 Å². The molecule has 0 N–H and O–H groups in total. The molecule has 0 radical (unpaired) electrons. The number of aliphatic imine (C=N–C) groups is 1. The van der Waals surface area contributed by atoms with E-state index in [1.165, 1.54) is 11.1 Å². The predicted octanol–water partition coefficient (Wildman–Crippen LogP) is 3.42. The molecule has 0 spiro atoms. The maximum absolute atomic E-state index is 4.18. The van der Waals surface area contributed by atoms with Crippen molar-refractivity contribution in [3.8, 4) is 0 Å². The molecule has 0 atom stereocenters. The molecule has 0 saturated carbocycles. The Kier molecular flexibility index (Phi) is 3.97. The lowest BCUT2D eigenvalue weighted by molar-refractivity contribution is 1.38. The Morgan fingerprint density at radius 3 is 2.85 bits per heavy atom. The average molecular weight is 173 g/mol. The van der Waals surface area contributed by atoms with Gasteiger partial charge < -0.3 is 0 Å². The van der Waals surface area contributed by atoms with Crippen LogP contribution in [0.15, 0.2) is 52.7 Å². The Bertz CT molecular complexity index is 301. The standard InChI is InChI=1S/C12H15N/c1-11-7-5-3-4-6-8-13-10-12(2)9-11/h3-5,7-10H,6H2,1-2H3/b4-3+,7-5-,11-9+,12-10-,13-8?. The lowest BCUT2D eigenvalue weighted by Crippen LogP contribution is -1.72. The van der Waals surface area contributed by atoms with Crippen molar-refractivity contribution in [2.24, 2.45) is 4.99 Å². The molecule has 0 unspecified atom stereocenters. The van der Waals surface area contributed by atoms with Gasteiger partial charge in [-0.3, -0.25) is 4.99 Å². The molecule has 0 aromatic carbocycles. The van der Waals surface area contributed by atoms with Crippen LogP contribution in [0.3, 0.4) is 0 Å². The first-order chi connectivity index (χ1) is 6.29. The van der Waals surface area contributed by atoms with Gasteiger partial charge in [-0.25, -0.2) is 0 Å². The normalized spacial score (nSPS) is 30.6. The highest BCUT2D eigenvalue weighted by Gasteiger charge is 1.84. The largest absolute Gasteiger partial charge is 0.268 e. The molecule has 1 heteroatoms. The van der Waals surface area contributed by atoms with Crippen molar-refractivity contribution in [3.63, 3.8) is 0 Å². The zero-order valence-corrected chi connectivity index (χ0v) is 8.20. The van der Waals surface area contributed by atoms with Gasteiger partial charge in [-0.15, -0.1) is 0 Å². The van der Waals surface area contributed by atoms with Crippen molar-refractivity contribution in [3.05, 3.63) is 47.7 Å². The molecule has 1 aliphatic heterocycles. The Labute approximate surface area is 79.9 Å². The quantitative estimate of drug-likeness (QED) is 0.532. The minimum Gasteiger partial charge on any atom is -0.268 e. The SMILES string of the molecule is CC1=C/N=CC/C=C/C=C\C(C)=C\1. The highest BCUT2D eigenvalue weighted by Crippen LogP contribution is 2.04. The molecule has 68 valence electrons. The highest BCUT2D eigenvalue weighted by molar-refractivity contribution is 5.60. The lowest BCUT2D eigenvalue weighted by Gasteiger charge is -1.91. The van der Waals surface area contributed by atoms with Crippen molar-refractivity contribution < 1.29 is 0 Å². The van der Waals surface area contributed by atoms with E-state index in [0.29, 0.717) is 0 Å². The summed E-state index contributed by atoms with van der Waals surface area (Å²) in [7, 11) is 0. The van der Waals surface area contributed by atoms with Gasteiger partial charge in [0.1, 0.15) is 0 Å². The molecule has 0 aliphatic carbocycles.